The number of para-hydroxylation sites is 1. The summed E-state index contributed by atoms with van der Waals surface area (Å²) >= 11 is 3.40. The van der Waals surface area contributed by atoms with E-state index in [1.807, 2.05) is 35.2 Å². The number of phenolic OH excluding ortho intramolecular Hbond substituents is 1. The summed E-state index contributed by atoms with van der Waals surface area (Å²) in [6, 6.07) is 11.6. The quantitative estimate of drug-likeness (QED) is 0.350. The number of anilines is 1. The van der Waals surface area contributed by atoms with E-state index < -0.39 is 18.2 Å². The number of carboxylic acid groups (broad SMARTS) is 1. The fourth-order valence-electron chi connectivity index (χ4n) is 8.04. The lowest BCUT2D eigenvalue weighted by atomic mass is 9.91. The fraction of sp³-hybridized carbons (Fsp3) is 0.556. The molecule has 268 valence electrons. The van der Waals surface area contributed by atoms with Crippen LogP contribution in [0, 0.1) is 5.92 Å². The Kier molecular flexibility index (Phi) is 11.6. The zero-order valence-corrected chi connectivity index (χ0v) is 30.3. The summed E-state index contributed by atoms with van der Waals surface area (Å²) in [7, 11) is 1.79. The maximum Gasteiger partial charge on any atom is 0.410 e. The van der Waals surface area contributed by atoms with Crippen LogP contribution in [0.1, 0.15) is 56.1 Å². The molecule has 0 unspecified atom stereocenters. The number of rotatable bonds is 8. The number of carbonyl (C=O) groups is 4. The van der Waals surface area contributed by atoms with E-state index in [0.29, 0.717) is 61.5 Å². The Morgan fingerprint density at radius 1 is 0.920 bits per heavy atom. The molecular formula is C36H47BBrN5O7. The Labute approximate surface area is 302 Å². The number of aliphatic carboxylic acids is 1. The van der Waals surface area contributed by atoms with Gasteiger partial charge in [0.2, 0.25) is 0 Å². The molecule has 0 radical (unpaired) electrons. The van der Waals surface area contributed by atoms with Crippen molar-refractivity contribution < 1.29 is 34.1 Å². The summed E-state index contributed by atoms with van der Waals surface area (Å²) in [4.78, 5) is 59.7. The monoisotopic (exact) mass is 751 g/mol. The van der Waals surface area contributed by atoms with Crippen molar-refractivity contribution in [2.45, 2.75) is 76.0 Å². The molecule has 2 aromatic carbocycles. The number of hydrogen-bond acceptors (Lipinski definition) is 7. The van der Waals surface area contributed by atoms with E-state index in [2.05, 4.69) is 26.1 Å². The van der Waals surface area contributed by atoms with Gasteiger partial charge in [-0.25, -0.2) is 9.59 Å². The molecule has 3 saturated heterocycles. The lowest BCUT2D eigenvalue weighted by Crippen LogP contribution is -2.53. The van der Waals surface area contributed by atoms with Crippen LogP contribution >= 0.6 is 15.9 Å². The molecule has 50 heavy (non-hydrogen) atoms. The molecule has 0 saturated carbocycles. The zero-order chi connectivity index (χ0) is 35.4. The molecule has 0 aromatic heterocycles. The first-order valence-corrected chi connectivity index (χ1v) is 18.7. The zero-order valence-electron chi connectivity index (χ0n) is 28.7. The van der Waals surface area contributed by atoms with Crippen LogP contribution in [-0.4, -0.2) is 126 Å². The maximum atomic E-state index is 14.1. The fourth-order valence-corrected chi connectivity index (χ4v) is 8.64. The number of hydrogen-bond donors (Lipinski definition) is 3. The molecular weight excluding hydrogens is 705 g/mol. The standard InChI is InChI=1S/C36H47BBrN5O7/c37-28-19-24(20-29(38)33(28)46)21-31(34(47)41-14-8-26(9-15-41)40-12-5-23(6-13-40)22-32(44)45)50-36(49)42-16-10-27(11-17-42)43-18-7-25-3-1-2-4-30(25)39-35(43)48/h1-4,19-20,23,26-27,31,46H,5-18,21-22,37H2,(H,39,48)(H,44,45)/t31-/m1/s1. The molecule has 0 spiro atoms. The number of amides is 4. The summed E-state index contributed by atoms with van der Waals surface area (Å²) in [5.41, 5.74) is 3.37. The van der Waals surface area contributed by atoms with E-state index in [1.54, 1.807) is 23.7 Å². The first-order valence-electron chi connectivity index (χ1n) is 17.9. The van der Waals surface area contributed by atoms with Crippen molar-refractivity contribution in [1.29, 1.82) is 0 Å². The third-order valence-corrected chi connectivity index (χ3v) is 11.6. The predicted molar refractivity (Wildman–Crippen MR) is 195 cm³/mol. The molecule has 4 heterocycles. The number of halogens is 1. The van der Waals surface area contributed by atoms with Gasteiger partial charge in [-0.3, -0.25) is 9.59 Å². The first kappa shape index (κ1) is 36.0. The van der Waals surface area contributed by atoms with E-state index in [4.69, 9.17) is 9.84 Å². The number of benzene rings is 2. The topological polar surface area (TPSA) is 143 Å². The third-order valence-electron chi connectivity index (χ3n) is 11.0. The van der Waals surface area contributed by atoms with Crippen molar-refractivity contribution in [2.24, 2.45) is 5.92 Å². The number of carboxylic acids is 1. The van der Waals surface area contributed by atoms with Gasteiger partial charge < -0.3 is 39.9 Å². The normalized spacial score (nSPS) is 20.5. The van der Waals surface area contributed by atoms with E-state index in [-0.39, 0.29) is 42.5 Å². The lowest BCUT2D eigenvalue weighted by Gasteiger charge is -2.42. The molecule has 3 fully saturated rings. The van der Waals surface area contributed by atoms with Gasteiger partial charge in [-0.15, -0.1) is 0 Å². The van der Waals surface area contributed by atoms with Crippen LogP contribution in [0.3, 0.4) is 0 Å². The van der Waals surface area contributed by atoms with E-state index in [0.717, 1.165) is 62.0 Å². The number of nitrogens with one attached hydrogen (secondary N) is 1. The Hall–Kier alpha value is -3.78. The van der Waals surface area contributed by atoms with Crippen LogP contribution in [0.5, 0.6) is 5.75 Å². The Morgan fingerprint density at radius 2 is 1.58 bits per heavy atom. The second kappa shape index (κ2) is 16.1. The SMILES string of the molecule is Bc1cc(C[C@@H](OC(=O)N2CCC(N3CCc4ccccc4NC3=O)CC2)C(=O)N2CCC(N3CCC(CC(=O)O)CC3)CC2)cc(Br)c1O. The minimum absolute atomic E-state index is 0.00707. The largest absolute Gasteiger partial charge is 0.507 e. The van der Waals surface area contributed by atoms with Gasteiger partial charge in [0.25, 0.3) is 5.91 Å². The molecule has 6 rings (SSSR count). The van der Waals surface area contributed by atoms with Crippen LogP contribution in [0.2, 0.25) is 0 Å². The summed E-state index contributed by atoms with van der Waals surface area (Å²) in [6.45, 7) is 4.29. The van der Waals surface area contributed by atoms with Crippen molar-refractivity contribution in [1.82, 2.24) is 19.6 Å². The van der Waals surface area contributed by atoms with Crippen LogP contribution in [0.4, 0.5) is 15.3 Å². The molecule has 4 amide bonds. The number of phenols is 1. The van der Waals surface area contributed by atoms with Crippen LogP contribution in [-0.2, 0) is 27.2 Å². The number of aromatic hydroxyl groups is 1. The van der Waals surface area contributed by atoms with Gasteiger partial charge in [0, 0.05) is 63.3 Å². The van der Waals surface area contributed by atoms with Gasteiger partial charge in [-0.05, 0) is 109 Å². The van der Waals surface area contributed by atoms with Crippen molar-refractivity contribution >= 4 is 58.9 Å². The molecule has 1 atom stereocenters. The molecule has 0 bridgehead atoms. The van der Waals surface area contributed by atoms with Gasteiger partial charge in [-0.2, -0.15) is 0 Å². The molecule has 14 heteroatoms. The number of carbonyl (C=O) groups excluding carboxylic acids is 3. The number of piperidine rings is 3. The highest BCUT2D eigenvalue weighted by atomic mass is 79.9. The molecule has 0 aliphatic carbocycles. The van der Waals surface area contributed by atoms with Crippen LogP contribution in [0.25, 0.3) is 0 Å². The average Bonchev–Trinajstić information content (AvgIpc) is 3.28. The van der Waals surface area contributed by atoms with Crippen molar-refractivity contribution in [3.05, 3.63) is 52.0 Å². The van der Waals surface area contributed by atoms with E-state index >= 15 is 0 Å². The average molecular weight is 753 g/mol. The van der Waals surface area contributed by atoms with Gasteiger partial charge >= 0.3 is 18.1 Å². The van der Waals surface area contributed by atoms with Crippen LogP contribution < -0.4 is 10.8 Å². The molecule has 4 aliphatic rings. The lowest BCUT2D eigenvalue weighted by molar-refractivity contribution is -0.142. The molecule has 4 aliphatic heterocycles. The van der Waals surface area contributed by atoms with Gasteiger partial charge in [-0.1, -0.05) is 24.3 Å². The minimum Gasteiger partial charge on any atom is -0.507 e. The Balaban J connectivity index is 1.06. The summed E-state index contributed by atoms with van der Waals surface area (Å²) in [5.74, 6) is -0.609. The highest BCUT2D eigenvalue weighted by Crippen LogP contribution is 2.29. The van der Waals surface area contributed by atoms with Gasteiger partial charge in [0.05, 0.1) is 4.47 Å². The summed E-state index contributed by atoms with van der Waals surface area (Å²) in [5, 5.41) is 22.5. The van der Waals surface area contributed by atoms with E-state index in [9.17, 15) is 24.3 Å². The third kappa shape index (κ3) is 8.56. The minimum atomic E-state index is -1.03. The second-order valence-electron chi connectivity index (χ2n) is 14.2. The van der Waals surface area contributed by atoms with Gasteiger partial charge in [0.1, 0.15) is 13.6 Å². The number of ether oxygens (including phenoxy) is 1. The van der Waals surface area contributed by atoms with Gasteiger partial charge in [0.15, 0.2) is 6.10 Å². The molecule has 12 nitrogen and oxygen atoms in total. The second-order valence-corrected chi connectivity index (χ2v) is 15.1. The molecule has 2 aromatic rings. The van der Waals surface area contributed by atoms with Crippen molar-refractivity contribution in [3.8, 4) is 5.75 Å². The molecule has 3 N–H and O–H groups in total. The highest BCUT2D eigenvalue weighted by molar-refractivity contribution is 9.10. The maximum absolute atomic E-state index is 14.1. The smallest absolute Gasteiger partial charge is 0.410 e. The number of nitrogens with zero attached hydrogens (tertiary/aromatic N) is 4. The Morgan fingerprint density at radius 3 is 2.26 bits per heavy atom. The summed E-state index contributed by atoms with van der Waals surface area (Å²) < 4.78 is 6.55. The number of likely N-dealkylation sites (tertiary alicyclic amines) is 3. The Bertz CT molecular complexity index is 1550. The van der Waals surface area contributed by atoms with Crippen LogP contribution in [0.15, 0.2) is 40.9 Å². The summed E-state index contributed by atoms with van der Waals surface area (Å²) in [6.07, 6.45) is 4.18. The number of urea groups is 1. The van der Waals surface area contributed by atoms with Crippen molar-refractivity contribution in [2.75, 3.05) is 51.1 Å². The van der Waals surface area contributed by atoms with Crippen molar-refractivity contribution in [3.63, 3.8) is 0 Å². The predicted octanol–water partition coefficient (Wildman–Crippen LogP) is 3.19. The number of fused-ring (bicyclic) bond motifs is 1. The van der Waals surface area contributed by atoms with E-state index in [1.165, 1.54) is 0 Å². The first-order chi connectivity index (χ1) is 24.0. The highest BCUT2D eigenvalue weighted by Gasteiger charge is 2.37.